The summed E-state index contributed by atoms with van der Waals surface area (Å²) in [6.07, 6.45) is 4.44. The lowest BCUT2D eigenvalue weighted by atomic mass is 10.1. The number of hydrogen-bond acceptors (Lipinski definition) is 9. The largest absolute Gasteiger partial charge is 0.472 e. The van der Waals surface area contributed by atoms with Crippen LogP contribution in [0.2, 0.25) is 0 Å². The molecule has 0 aliphatic carbocycles. The van der Waals surface area contributed by atoms with Gasteiger partial charge in [-0.05, 0) is 22.3 Å². The fraction of sp³-hybridized carbons (Fsp3) is 0.231. The normalized spacial score (nSPS) is 11.5. The van der Waals surface area contributed by atoms with E-state index in [1.165, 1.54) is 23.4 Å². The Hall–Kier alpha value is -3.50. The van der Waals surface area contributed by atoms with Gasteiger partial charge in [0.25, 0.3) is 5.91 Å². The molecule has 3 rings (SSSR count). The zero-order valence-electron chi connectivity index (χ0n) is 12.9. The number of amides is 1. The fourth-order valence-electron chi connectivity index (χ4n) is 2.03. The van der Waals surface area contributed by atoms with E-state index in [0.29, 0.717) is 11.3 Å². The van der Waals surface area contributed by atoms with Crippen LogP contribution < -0.4 is 11.2 Å². The molecule has 0 fully saturated rings. The van der Waals surface area contributed by atoms with E-state index in [1.807, 2.05) is 13.8 Å². The molecule has 3 heterocycles. The van der Waals surface area contributed by atoms with Crippen molar-refractivity contribution in [1.29, 1.82) is 0 Å². The second-order valence-electron chi connectivity index (χ2n) is 5.12. The lowest BCUT2D eigenvalue weighted by Gasteiger charge is -2.07. The van der Waals surface area contributed by atoms with Crippen LogP contribution in [0.4, 0.5) is 5.82 Å². The fourth-order valence-corrected chi connectivity index (χ4v) is 2.03. The Balaban J connectivity index is 1.86. The molecule has 0 aliphatic heterocycles. The minimum atomic E-state index is -0.514. The number of carbonyl (C=O) groups excluding carboxylic acids is 1. The van der Waals surface area contributed by atoms with Gasteiger partial charge in [0, 0.05) is 5.56 Å². The number of anilines is 1. The van der Waals surface area contributed by atoms with Crippen LogP contribution in [-0.2, 0) is 0 Å². The molecule has 0 aliphatic rings. The SMILES string of the molecule is CC(C)c1c(C(=O)NN=Cc2ccoc2)nnn1-c1nonc1N. The zero-order chi connectivity index (χ0) is 17.1. The third-order valence-corrected chi connectivity index (χ3v) is 3.09. The second-order valence-corrected chi connectivity index (χ2v) is 5.12. The molecule has 0 radical (unpaired) electrons. The van der Waals surface area contributed by atoms with Gasteiger partial charge in [-0.1, -0.05) is 19.1 Å². The summed E-state index contributed by atoms with van der Waals surface area (Å²) < 4.78 is 10.8. The molecule has 3 aromatic rings. The average molecular weight is 330 g/mol. The van der Waals surface area contributed by atoms with Gasteiger partial charge in [0.1, 0.15) is 0 Å². The minimum absolute atomic E-state index is 0.0479. The van der Waals surface area contributed by atoms with Crippen LogP contribution in [0.1, 0.15) is 41.5 Å². The van der Waals surface area contributed by atoms with Crippen molar-refractivity contribution >= 4 is 17.9 Å². The summed E-state index contributed by atoms with van der Waals surface area (Å²) in [5.74, 6) is -0.381. The lowest BCUT2D eigenvalue weighted by molar-refractivity contribution is 0.0948. The smallest absolute Gasteiger partial charge is 0.293 e. The molecular formula is C13H14N8O3. The van der Waals surface area contributed by atoms with Crippen LogP contribution in [-0.4, -0.2) is 37.4 Å². The number of nitrogens with two attached hydrogens (primary N) is 1. The topological polar surface area (TPSA) is 150 Å². The van der Waals surface area contributed by atoms with E-state index in [9.17, 15) is 4.79 Å². The maximum absolute atomic E-state index is 12.3. The summed E-state index contributed by atoms with van der Waals surface area (Å²) in [6.45, 7) is 3.76. The van der Waals surface area contributed by atoms with Crippen molar-refractivity contribution < 1.29 is 13.8 Å². The summed E-state index contributed by atoms with van der Waals surface area (Å²) in [4.78, 5) is 12.3. The maximum Gasteiger partial charge on any atom is 0.293 e. The van der Waals surface area contributed by atoms with Crippen molar-refractivity contribution in [2.75, 3.05) is 5.73 Å². The molecule has 11 nitrogen and oxygen atoms in total. The molecular weight excluding hydrogens is 316 g/mol. The van der Waals surface area contributed by atoms with E-state index in [4.69, 9.17) is 10.2 Å². The number of carbonyl (C=O) groups is 1. The molecule has 0 saturated heterocycles. The molecule has 0 bridgehead atoms. The molecule has 3 N–H and O–H groups in total. The first-order chi connectivity index (χ1) is 11.6. The molecule has 3 aromatic heterocycles. The molecule has 0 saturated carbocycles. The van der Waals surface area contributed by atoms with Gasteiger partial charge in [-0.3, -0.25) is 4.79 Å². The van der Waals surface area contributed by atoms with E-state index in [0.717, 1.165) is 0 Å². The Kier molecular flexibility index (Phi) is 4.05. The van der Waals surface area contributed by atoms with Crippen LogP contribution in [0.5, 0.6) is 0 Å². The van der Waals surface area contributed by atoms with E-state index in [2.05, 4.69) is 35.8 Å². The number of nitrogens with one attached hydrogen (secondary N) is 1. The quantitative estimate of drug-likeness (QED) is 0.513. The first-order valence-electron chi connectivity index (χ1n) is 6.97. The predicted octanol–water partition coefficient (Wildman–Crippen LogP) is 0.713. The van der Waals surface area contributed by atoms with Crippen LogP contribution >= 0.6 is 0 Å². The highest BCUT2D eigenvalue weighted by atomic mass is 16.6. The van der Waals surface area contributed by atoms with Crippen LogP contribution in [0.15, 0.2) is 32.7 Å². The highest BCUT2D eigenvalue weighted by Gasteiger charge is 2.25. The number of aromatic nitrogens is 5. The van der Waals surface area contributed by atoms with E-state index >= 15 is 0 Å². The summed E-state index contributed by atoms with van der Waals surface area (Å²) in [6, 6.07) is 1.70. The molecule has 0 spiro atoms. The van der Waals surface area contributed by atoms with Gasteiger partial charge in [-0.2, -0.15) is 9.78 Å². The Morgan fingerprint density at radius 3 is 2.92 bits per heavy atom. The van der Waals surface area contributed by atoms with Crippen LogP contribution in [0.25, 0.3) is 5.82 Å². The third kappa shape index (κ3) is 2.86. The van der Waals surface area contributed by atoms with Crippen LogP contribution in [0.3, 0.4) is 0 Å². The molecule has 0 unspecified atom stereocenters. The maximum atomic E-state index is 12.3. The highest BCUT2D eigenvalue weighted by Crippen LogP contribution is 2.22. The summed E-state index contributed by atoms with van der Waals surface area (Å²) >= 11 is 0. The molecule has 24 heavy (non-hydrogen) atoms. The third-order valence-electron chi connectivity index (χ3n) is 3.09. The number of furan rings is 1. The van der Waals surface area contributed by atoms with Gasteiger partial charge in [0.05, 0.1) is 24.4 Å². The predicted molar refractivity (Wildman–Crippen MR) is 81.5 cm³/mol. The van der Waals surface area contributed by atoms with Crippen molar-refractivity contribution in [2.45, 2.75) is 19.8 Å². The molecule has 0 aromatic carbocycles. The molecule has 124 valence electrons. The molecule has 0 atom stereocenters. The number of hydrogen-bond donors (Lipinski definition) is 2. The van der Waals surface area contributed by atoms with E-state index in [1.54, 1.807) is 6.07 Å². The number of hydrazone groups is 1. The highest BCUT2D eigenvalue weighted by molar-refractivity contribution is 5.94. The number of rotatable bonds is 5. The first-order valence-corrected chi connectivity index (χ1v) is 6.97. The van der Waals surface area contributed by atoms with Crippen LogP contribution in [0, 0.1) is 0 Å². The zero-order valence-corrected chi connectivity index (χ0v) is 12.9. The van der Waals surface area contributed by atoms with Crippen molar-refractivity contribution in [3.05, 3.63) is 35.5 Å². The van der Waals surface area contributed by atoms with Gasteiger partial charge in [-0.25, -0.2) is 10.1 Å². The average Bonchev–Trinajstić information content (AvgIpc) is 3.25. The summed E-state index contributed by atoms with van der Waals surface area (Å²) in [5, 5.41) is 18.8. The summed E-state index contributed by atoms with van der Waals surface area (Å²) in [7, 11) is 0. The van der Waals surface area contributed by atoms with E-state index < -0.39 is 5.91 Å². The van der Waals surface area contributed by atoms with Gasteiger partial charge in [0.15, 0.2) is 5.69 Å². The number of nitrogen functional groups attached to an aromatic ring is 1. The monoisotopic (exact) mass is 330 g/mol. The minimum Gasteiger partial charge on any atom is -0.472 e. The Morgan fingerprint density at radius 1 is 1.46 bits per heavy atom. The van der Waals surface area contributed by atoms with Gasteiger partial charge in [-0.15, -0.1) is 5.10 Å². The van der Waals surface area contributed by atoms with Gasteiger partial charge in [0.2, 0.25) is 11.6 Å². The summed E-state index contributed by atoms with van der Waals surface area (Å²) in [5.41, 5.74) is 9.39. The first kappa shape index (κ1) is 15.4. The molecule has 11 heteroatoms. The second kappa shape index (κ2) is 6.32. The van der Waals surface area contributed by atoms with Crippen molar-refractivity contribution in [1.82, 2.24) is 30.7 Å². The van der Waals surface area contributed by atoms with Crippen molar-refractivity contribution in [3.63, 3.8) is 0 Å². The van der Waals surface area contributed by atoms with Crippen molar-refractivity contribution in [3.8, 4) is 5.82 Å². The Morgan fingerprint density at radius 2 is 2.29 bits per heavy atom. The Labute approximate surface area is 135 Å². The molecule has 1 amide bonds. The van der Waals surface area contributed by atoms with E-state index in [-0.39, 0.29) is 23.2 Å². The van der Waals surface area contributed by atoms with Gasteiger partial charge < -0.3 is 10.2 Å². The van der Waals surface area contributed by atoms with Gasteiger partial charge >= 0.3 is 0 Å². The standard InChI is InChI=1S/C13H14N8O3/c1-7(2)10-9(13(22)17-15-5-8-3-4-23-6-8)16-20-21(10)12-11(14)18-24-19-12/h3-7H,1-2H3,(H2,14,18)(H,17,22). The number of nitrogens with zero attached hydrogens (tertiary/aromatic N) is 6. The Bertz CT molecular complexity index is 862. The van der Waals surface area contributed by atoms with Crippen molar-refractivity contribution in [2.24, 2.45) is 5.10 Å². The lowest BCUT2D eigenvalue weighted by Crippen LogP contribution is -2.20.